The predicted molar refractivity (Wildman–Crippen MR) is 103 cm³/mol. The van der Waals surface area contributed by atoms with Crippen LogP contribution in [0, 0.1) is 0 Å². The van der Waals surface area contributed by atoms with Crippen molar-refractivity contribution < 1.29 is 4.79 Å². The van der Waals surface area contributed by atoms with Crippen molar-refractivity contribution in [1.82, 2.24) is 20.2 Å². The molecule has 6 heteroatoms. The number of amides is 1. The van der Waals surface area contributed by atoms with Gasteiger partial charge in [0, 0.05) is 63.6 Å². The molecule has 0 saturated carbocycles. The van der Waals surface area contributed by atoms with Crippen molar-refractivity contribution in [3.8, 4) is 0 Å². The Morgan fingerprint density at radius 1 is 1.08 bits per heavy atom. The second-order valence-corrected chi connectivity index (χ2v) is 6.43. The van der Waals surface area contributed by atoms with Gasteiger partial charge in [0.15, 0.2) is 0 Å². The van der Waals surface area contributed by atoms with Gasteiger partial charge in [-0.1, -0.05) is 36.4 Å². The van der Waals surface area contributed by atoms with Gasteiger partial charge < -0.3 is 4.90 Å². The number of nitrogens with one attached hydrogen (secondary N) is 1. The zero-order valence-corrected chi connectivity index (χ0v) is 14.9. The molecule has 0 radical (unpaired) electrons. The lowest BCUT2D eigenvalue weighted by Gasteiger charge is -2.34. The number of hydrogen-bond acceptors (Lipinski definition) is 5. The average molecular weight is 351 g/mol. The Labute approximate surface area is 154 Å². The maximum atomic E-state index is 11.9. The summed E-state index contributed by atoms with van der Waals surface area (Å²) >= 11 is 0. The SMILES string of the molecule is O=C(CCN1CCN(Cc2ccccc2)CC1)NN=Cc1cccnc1. The van der Waals surface area contributed by atoms with E-state index in [0.717, 1.165) is 44.8 Å². The second kappa shape index (κ2) is 9.79. The van der Waals surface area contributed by atoms with Crippen LogP contribution in [-0.4, -0.2) is 59.6 Å². The quantitative estimate of drug-likeness (QED) is 0.610. The Hall–Kier alpha value is -2.57. The zero-order chi connectivity index (χ0) is 18.0. The summed E-state index contributed by atoms with van der Waals surface area (Å²) in [6.45, 7) is 5.84. The average Bonchev–Trinajstić information content (AvgIpc) is 2.69. The summed E-state index contributed by atoms with van der Waals surface area (Å²) < 4.78 is 0. The molecule has 2 heterocycles. The Bertz CT molecular complexity index is 697. The standard InChI is InChI=1S/C20H25N5O/c26-20(23-22-16-19-7-4-9-21-15-19)8-10-24-11-13-25(14-12-24)17-18-5-2-1-3-6-18/h1-7,9,15-16H,8,10-14,17H2,(H,23,26). The van der Waals surface area contributed by atoms with Gasteiger partial charge >= 0.3 is 0 Å². The number of hydrazone groups is 1. The molecule has 6 nitrogen and oxygen atoms in total. The van der Waals surface area contributed by atoms with Crippen LogP contribution in [0.15, 0.2) is 60.0 Å². The summed E-state index contributed by atoms with van der Waals surface area (Å²) in [4.78, 5) is 20.7. The van der Waals surface area contributed by atoms with Gasteiger partial charge in [-0.2, -0.15) is 5.10 Å². The fraction of sp³-hybridized carbons (Fsp3) is 0.350. The molecule has 0 atom stereocenters. The van der Waals surface area contributed by atoms with Gasteiger partial charge in [0.2, 0.25) is 5.91 Å². The summed E-state index contributed by atoms with van der Waals surface area (Å²) in [5.74, 6) is -0.0585. The Morgan fingerprint density at radius 3 is 2.58 bits per heavy atom. The first-order chi connectivity index (χ1) is 12.8. The maximum Gasteiger partial charge on any atom is 0.241 e. The highest BCUT2D eigenvalue weighted by atomic mass is 16.2. The fourth-order valence-corrected chi connectivity index (χ4v) is 2.96. The van der Waals surface area contributed by atoms with Crippen molar-refractivity contribution in [1.29, 1.82) is 0 Å². The normalized spacial score (nSPS) is 16.0. The molecule has 0 unspecified atom stereocenters. The van der Waals surface area contributed by atoms with Crippen LogP contribution in [0.3, 0.4) is 0 Å². The lowest BCUT2D eigenvalue weighted by molar-refractivity contribution is -0.121. The van der Waals surface area contributed by atoms with Crippen LogP contribution in [0.5, 0.6) is 0 Å². The molecule has 1 aromatic heterocycles. The van der Waals surface area contributed by atoms with E-state index in [1.165, 1.54) is 5.56 Å². The van der Waals surface area contributed by atoms with Crippen molar-refractivity contribution in [2.45, 2.75) is 13.0 Å². The number of carbonyl (C=O) groups excluding carboxylic acids is 1. The topological polar surface area (TPSA) is 60.8 Å². The van der Waals surface area contributed by atoms with Crippen LogP contribution >= 0.6 is 0 Å². The third kappa shape index (κ3) is 6.06. The third-order valence-electron chi connectivity index (χ3n) is 4.46. The van der Waals surface area contributed by atoms with Crippen LogP contribution in [0.4, 0.5) is 0 Å². The highest BCUT2D eigenvalue weighted by Gasteiger charge is 2.17. The summed E-state index contributed by atoms with van der Waals surface area (Å²) in [6, 6.07) is 14.3. The van der Waals surface area contributed by atoms with Gasteiger partial charge in [-0.15, -0.1) is 0 Å². The van der Waals surface area contributed by atoms with E-state index < -0.39 is 0 Å². The molecule has 2 aromatic rings. The van der Waals surface area contributed by atoms with Gasteiger partial charge in [0.25, 0.3) is 0 Å². The van der Waals surface area contributed by atoms with Crippen molar-refractivity contribution in [2.24, 2.45) is 5.10 Å². The largest absolute Gasteiger partial charge is 0.300 e. The van der Waals surface area contributed by atoms with E-state index >= 15 is 0 Å². The number of nitrogens with zero attached hydrogens (tertiary/aromatic N) is 4. The van der Waals surface area contributed by atoms with Crippen LogP contribution in [0.1, 0.15) is 17.5 Å². The monoisotopic (exact) mass is 351 g/mol. The molecule has 1 N–H and O–H groups in total. The molecule has 1 aliphatic rings. The van der Waals surface area contributed by atoms with E-state index in [2.05, 4.69) is 49.6 Å². The minimum absolute atomic E-state index is 0.0585. The first-order valence-corrected chi connectivity index (χ1v) is 9.00. The van der Waals surface area contributed by atoms with E-state index in [4.69, 9.17) is 0 Å². The van der Waals surface area contributed by atoms with E-state index in [9.17, 15) is 4.79 Å². The van der Waals surface area contributed by atoms with Gasteiger partial charge in [-0.3, -0.25) is 14.7 Å². The molecule has 1 saturated heterocycles. The first-order valence-electron chi connectivity index (χ1n) is 9.00. The van der Waals surface area contributed by atoms with Crippen molar-refractivity contribution in [2.75, 3.05) is 32.7 Å². The lowest BCUT2D eigenvalue weighted by atomic mass is 10.2. The molecular weight excluding hydrogens is 326 g/mol. The number of rotatable bonds is 7. The smallest absolute Gasteiger partial charge is 0.241 e. The number of benzene rings is 1. The van der Waals surface area contributed by atoms with Gasteiger partial charge in [-0.05, 0) is 11.6 Å². The molecule has 136 valence electrons. The Kier molecular flexibility index (Phi) is 6.87. The van der Waals surface area contributed by atoms with E-state index in [1.807, 2.05) is 18.2 Å². The summed E-state index contributed by atoms with van der Waals surface area (Å²) in [5, 5.41) is 3.97. The lowest BCUT2D eigenvalue weighted by Crippen LogP contribution is -2.46. The zero-order valence-electron chi connectivity index (χ0n) is 14.9. The van der Waals surface area contributed by atoms with Gasteiger partial charge in [0.05, 0.1) is 6.21 Å². The van der Waals surface area contributed by atoms with Crippen LogP contribution < -0.4 is 5.43 Å². The number of piperazine rings is 1. The molecule has 0 aliphatic carbocycles. The molecule has 1 aromatic carbocycles. The van der Waals surface area contributed by atoms with Gasteiger partial charge in [-0.25, -0.2) is 5.43 Å². The Balaban J connectivity index is 1.32. The minimum atomic E-state index is -0.0585. The molecule has 1 fully saturated rings. The predicted octanol–water partition coefficient (Wildman–Crippen LogP) is 1.74. The van der Waals surface area contributed by atoms with Crippen molar-refractivity contribution in [3.63, 3.8) is 0 Å². The number of carbonyl (C=O) groups is 1. The molecular formula is C20H25N5O. The maximum absolute atomic E-state index is 11.9. The number of pyridine rings is 1. The first kappa shape index (κ1) is 18.2. The Morgan fingerprint density at radius 2 is 1.85 bits per heavy atom. The third-order valence-corrected chi connectivity index (χ3v) is 4.46. The van der Waals surface area contributed by atoms with Crippen LogP contribution in [0.25, 0.3) is 0 Å². The van der Waals surface area contributed by atoms with Crippen LogP contribution in [-0.2, 0) is 11.3 Å². The molecule has 1 aliphatic heterocycles. The van der Waals surface area contributed by atoms with Gasteiger partial charge in [0.1, 0.15) is 0 Å². The molecule has 0 spiro atoms. The summed E-state index contributed by atoms with van der Waals surface area (Å²) in [6.07, 6.45) is 5.47. The minimum Gasteiger partial charge on any atom is -0.300 e. The number of aromatic nitrogens is 1. The highest BCUT2D eigenvalue weighted by Crippen LogP contribution is 2.08. The molecule has 3 rings (SSSR count). The summed E-state index contributed by atoms with van der Waals surface area (Å²) in [7, 11) is 0. The molecule has 0 bridgehead atoms. The van der Waals surface area contributed by atoms with Crippen molar-refractivity contribution in [3.05, 3.63) is 66.0 Å². The summed E-state index contributed by atoms with van der Waals surface area (Å²) in [5.41, 5.74) is 4.79. The fourth-order valence-electron chi connectivity index (χ4n) is 2.96. The van der Waals surface area contributed by atoms with Crippen LogP contribution in [0.2, 0.25) is 0 Å². The molecule has 1 amide bonds. The van der Waals surface area contributed by atoms with Crippen molar-refractivity contribution >= 4 is 12.1 Å². The second-order valence-electron chi connectivity index (χ2n) is 6.43. The van der Waals surface area contributed by atoms with E-state index in [-0.39, 0.29) is 5.91 Å². The molecule has 26 heavy (non-hydrogen) atoms. The number of hydrogen-bond donors (Lipinski definition) is 1. The highest BCUT2D eigenvalue weighted by molar-refractivity contribution is 5.82. The van der Waals surface area contributed by atoms with E-state index in [0.29, 0.717) is 6.42 Å². The van der Waals surface area contributed by atoms with E-state index in [1.54, 1.807) is 18.6 Å².